The quantitative estimate of drug-likeness (QED) is 0.729. The van der Waals surface area contributed by atoms with Gasteiger partial charge in [-0.1, -0.05) is 12.1 Å². The molecule has 110 valence electrons. The topological polar surface area (TPSA) is 53.4 Å². The van der Waals surface area contributed by atoms with Gasteiger partial charge in [-0.05, 0) is 37.3 Å². The van der Waals surface area contributed by atoms with Crippen LogP contribution in [0.5, 0.6) is 11.5 Å². The largest absolute Gasteiger partial charge is 0.454 e. The number of ether oxygens (including phenoxy) is 2. The molecule has 1 aliphatic heterocycles. The average molecular weight is 294 g/mol. The fourth-order valence-corrected chi connectivity index (χ4v) is 2.74. The molecule has 0 bridgehead atoms. The van der Waals surface area contributed by atoms with Gasteiger partial charge in [0.05, 0.1) is 11.0 Å². The molecular formula is C17H14N2O3. The number of hydrogen-bond donors (Lipinski definition) is 0. The van der Waals surface area contributed by atoms with Gasteiger partial charge in [0, 0.05) is 12.1 Å². The summed E-state index contributed by atoms with van der Waals surface area (Å²) in [5.41, 5.74) is 2.72. The Morgan fingerprint density at radius 1 is 1.14 bits per heavy atom. The fourth-order valence-electron chi connectivity index (χ4n) is 2.74. The highest BCUT2D eigenvalue weighted by Gasteiger charge is 2.17. The zero-order valence-corrected chi connectivity index (χ0v) is 12.1. The minimum absolute atomic E-state index is 0.0972. The fraction of sp³-hybridized carbons (Fsp3) is 0.176. The van der Waals surface area contributed by atoms with Crippen molar-refractivity contribution < 1.29 is 9.47 Å². The van der Waals surface area contributed by atoms with Gasteiger partial charge in [0.1, 0.15) is 5.69 Å². The maximum absolute atomic E-state index is 12.7. The Labute approximate surface area is 126 Å². The number of nitrogens with zero attached hydrogens (tertiary/aromatic N) is 2. The van der Waals surface area contributed by atoms with Crippen molar-refractivity contribution in [2.24, 2.45) is 0 Å². The van der Waals surface area contributed by atoms with E-state index < -0.39 is 0 Å². The SMILES string of the molecule is CCn1c(=O)c(-c2ccc3c(c2)OCO3)nc2ccccc21. The first kappa shape index (κ1) is 12.9. The van der Waals surface area contributed by atoms with Gasteiger partial charge in [0.15, 0.2) is 11.5 Å². The van der Waals surface area contributed by atoms with Crippen molar-refractivity contribution in [1.82, 2.24) is 9.55 Å². The van der Waals surface area contributed by atoms with E-state index in [-0.39, 0.29) is 12.4 Å². The van der Waals surface area contributed by atoms with Crippen molar-refractivity contribution in [2.75, 3.05) is 6.79 Å². The first-order valence-electron chi connectivity index (χ1n) is 7.17. The van der Waals surface area contributed by atoms with E-state index >= 15 is 0 Å². The van der Waals surface area contributed by atoms with E-state index in [0.29, 0.717) is 23.7 Å². The number of rotatable bonds is 2. The molecule has 0 fully saturated rings. The third-order valence-corrected chi connectivity index (χ3v) is 3.81. The minimum Gasteiger partial charge on any atom is -0.454 e. The second kappa shape index (κ2) is 4.87. The van der Waals surface area contributed by atoms with E-state index in [1.807, 2.05) is 43.3 Å². The second-order valence-corrected chi connectivity index (χ2v) is 5.07. The maximum Gasteiger partial charge on any atom is 0.277 e. The molecule has 0 saturated carbocycles. The van der Waals surface area contributed by atoms with Gasteiger partial charge in [-0.15, -0.1) is 0 Å². The molecule has 0 unspecified atom stereocenters. The zero-order chi connectivity index (χ0) is 15.1. The normalized spacial score (nSPS) is 12.8. The summed E-state index contributed by atoms with van der Waals surface area (Å²) in [4.78, 5) is 17.3. The number of fused-ring (bicyclic) bond motifs is 2. The Morgan fingerprint density at radius 3 is 2.82 bits per heavy atom. The van der Waals surface area contributed by atoms with Crippen LogP contribution in [0.25, 0.3) is 22.3 Å². The van der Waals surface area contributed by atoms with Crippen molar-refractivity contribution in [3.05, 3.63) is 52.8 Å². The van der Waals surface area contributed by atoms with Gasteiger partial charge in [-0.25, -0.2) is 4.98 Å². The number of hydrogen-bond acceptors (Lipinski definition) is 4. The van der Waals surface area contributed by atoms with Crippen LogP contribution in [0.15, 0.2) is 47.3 Å². The summed E-state index contributed by atoms with van der Waals surface area (Å²) < 4.78 is 12.4. The lowest BCUT2D eigenvalue weighted by Crippen LogP contribution is -2.22. The van der Waals surface area contributed by atoms with Crippen LogP contribution in [0, 0.1) is 0 Å². The maximum atomic E-state index is 12.7. The molecule has 0 N–H and O–H groups in total. The Morgan fingerprint density at radius 2 is 1.95 bits per heavy atom. The van der Waals surface area contributed by atoms with Crippen LogP contribution in [-0.2, 0) is 6.54 Å². The number of aryl methyl sites for hydroxylation is 1. The van der Waals surface area contributed by atoms with E-state index in [2.05, 4.69) is 4.98 Å². The zero-order valence-electron chi connectivity index (χ0n) is 12.1. The molecule has 2 heterocycles. The summed E-state index contributed by atoms with van der Waals surface area (Å²) in [5.74, 6) is 1.34. The average Bonchev–Trinajstić information content (AvgIpc) is 3.02. The molecule has 0 aliphatic carbocycles. The lowest BCUT2D eigenvalue weighted by atomic mass is 10.1. The van der Waals surface area contributed by atoms with Crippen LogP contribution < -0.4 is 15.0 Å². The molecule has 1 aliphatic rings. The number of benzene rings is 2. The Balaban J connectivity index is 1.99. The van der Waals surface area contributed by atoms with Gasteiger partial charge < -0.3 is 14.0 Å². The number of aromatic nitrogens is 2. The smallest absolute Gasteiger partial charge is 0.277 e. The highest BCUT2D eigenvalue weighted by Crippen LogP contribution is 2.35. The highest BCUT2D eigenvalue weighted by molar-refractivity contribution is 5.78. The van der Waals surface area contributed by atoms with Gasteiger partial charge >= 0.3 is 0 Å². The van der Waals surface area contributed by atoms with E-state index in [9.17, 15) is 4.79 Å². The summed E-state index contributed by atoms with van der Waals surface area (Å²) in [5, 5.41) is 0. The molecule has 0 saturated heterocycles. The predicted octanol–water partition coefficient (Wildman–Crippen LogP) is 2.81. The summed E-state index contributed by atoms with van der Waals surface area (Å²) >= 11 is 0. The summed E-state index contributed by atoms with van der Waals surface area (Å²) in [6.07, 6.45) is 0. The first-order valence-corrected chi connectivity index (χ1v) is 7.17. The summed E-state index contributed by atoms with van der Waals surface area (Å²) in [6, 6.07) is 13.1. The van der Waals surface area contributed by atoms with Crippen molar-refractivity contribution in [3.8, 4) is 22.8 Å². The molecule has 3 aromatic rings. The predicted molar refractivity (Wildman–Crippen MR) is 83.2 cm³/mol. The molecule has 5 heteroatoms. The molecule has 0 atom stereocenters. The van der Waals surface area contributed by atoms with Crippen molar-refractivity contribution >= 4 is 11.0 Å². The van der Waals surface area contributed by atoms with Gasteiger partial charge in [0.25, 0.3) is 5.56 Å². The van der Waals surface area contributed by atoms with Crippen LogP contribution in [0.1, 0.15) is 6.92 Å². The molecule has 1 aromatic heterocycles. The lowest BCUT2D eigenvalue weighted by Gasteiger charge is -2.10. The summed E-state index contributed by atoms with van der Waals surface area (Å²) in [7, 11) is 0. The van der Waals surface area contributed by atoms with Gasteiger partial charge in [0.2, 0.25) is 6.79 Å². The standard InChI is InChI=1S/C17H14N2O3/c1-2-19-13-6-4-3-5-12(13)18-16(17(19)20)11-7-8-14-15(9-11)22-10-21-14/h3-9H,2,10H2,1H3. The van der Waals surface area contributed by atoms with Crippen molar-refractivity contribution in [3.63, 3.8) is 0 Å². The van der Waals surface area contributed by atoms with Crippen LogP contribution >= 0.6 is 0 Å². The lowest BCUT2D eigenvalue weighted by molar-refractivity contribution is 0.174. The van der Waals surface area contributed by atoms with Crippen LogP contribution in [0.2, 0.25) is 0 Å². The Kier molecular flexibility index (Phi) is 2.85. The van der Waals surface area contributed by atoms with Crippen LogP contribution in [0.4, 0.5) is 0 Å². The van der Waals surface area contributed by atoms with Gasteiger partial charge in [-0.3, -0.25) is 4.79 Å². The minimum atomic E-state index is -0.0972. The monoisotopic (exact) mass is 294 g/mol. The molecule has 2 aromatic carbocycles. The van der Waals surface area contributed by atoms with Crippen LogP contribution in [0.3, 0.4) is 0 Å². The van der Waals surface area contributed by atoms with Crippen LogP contribution in [-0.4, -0.2) is 16.3 Å². The first-order chi connectivity index (χ1) is 10.8. The molecular weight excluding hydrogens is 280 g/mol. The molecule has 0 amide bonds. The second-order valence-electron chi connectivity index (χ2n) is 5.07. The molecule has 0 spiro atoms. The Hall–Kier alpha value is -2.82. The number of para-hydroxylation sites is 2. The van der Waals surface area contributed by atoms with Crippen molar-refractivity contribution in [1.29, 1.82) is 0 Å². The van der Waals surface area contributed by atoms with Crippen molar-refractivity contribution in [2.45, 2.75) is 13.5 Å². The summed E-state index contributed by atoms with van der Waals surface area (Å²) in [6.45, 7) is 2.76. The highest BCUT2D eigenvalue weighted by atomic mass is 16.7. The van der Waals surface area contributed by atoms with E-state index in [0.717, 1.165) is 16.6 Å². The van der Waals surface area contributed by atoms with Gasteiger partial charge in [-0.2, -0.15) is 0 Å². The third-order valence-electron chi connectivity index (χ3n) is 3.81. The molecule has 5 nitrogen and oxygen atoms in total. The third kappa shape index (κ3) is 1.86. The molecule has 4 rings (SSSR count). The van der Waals surface area contributed by atoms with E-state index in [1.165, 1.54) is 0 Å². The van der Waals surface area contributed by atoms with E-state index in [1.54, 1.807) is 10.6 Å². The van der Waals surface area contributed by atoms with E-state index in [4.69, 9.17) is 9.47 Å². The molecule has 22 heavy (non-hydrogen) atoms. The Bertz CT molecular complexity index is 931. The molecule has 0 radical (unpaired) electrons.